The fourth-order valence-electron chi connectivity index (χ4n) is 6.91. The Bertz CT molecular complexity index is 1730. The number of anilines is 2. The topological polar surface area (TPSA) is 75.7 Å². The molecule has 4 aromatic rings. The van der Waals surface area contributed by atoms with Crippen molar-refractivity contribution in [1.82, 2.24) is 0 Å². The predicted octanol–water partition coefficient (Wildman–Crippen LogP) is 6.00. The maximum atomic E-state index is 14.7. The molecule has 7 rings (SSSR count). The van der Waals surface area contributed by atoms with Gasteiger partial charge in [-0.1, -0.05) is 60.7 Å². The number of thiophene rings is 1. The number of hydrogen-bond donors (Lipinski definition) is 1. The van der Waals surface area contributed by atoms with Gasteiger partial charge in [0, 0.05) is 22.5 Å². The lowest BCUT2D eigenvalue weighted by atomic mass is 9.64. The number of nitrogens with zero attached hydrogens (tertiary/aromatic N) is 1. The molecule has 7 heteroatoms. The summed E-state index contributed by atoms with van der Waals surface area (Å²) in [4.78, 5) is 46.3. The Hall–Kier alpha value is -4.49. The molecule has 4 atom stereocenters. The summed E-state index contributed by atoms with van der Waals surface area (Å²) in [6.45, 7) is 2.02. The van der Waals surface area contributed by atoms with Crippen molar-refractivity contribution in [1.29, 1.82) is 0 Å². The molecule has 3 aromatic carbocycles. The molecule has 0 bridgehead atoms. The zero-order valence-corrected chi connectivity index (χ0v) is 22.8. The summed E-state index contributed by atoms with van der Waals surface area (Å²) in [5.74, 6) is -1.12. The highest BCUT2D eigenvalue weighted by molar-refractivity contribution is 7.12. The van der Waals surface area contributed by atoms with Crippen molar-refractivity contribution >= 4 is 45.8 Å². The Morgan fingerprint density at radius 3 is 2.55 bits per heavy atom. The number of amides is 1. The van der Waals surface area contributed by atoms with Gasteiger partial charge in [-0.25, -0.2) is 0 Å². The highest BCUT2D eigenvalue weighted by Crippen LogP contribution is 2.59. The molecule has 1 saturated heterocycles. The predicted molar refractivity (Wildman–Crippen MR) is 156 cm³/mol. The quantitative estimate of drug-likeness (QED) is 0.311. The third kappa shape index (κ3) is 3.24. The summed E-state index contributed by atoms with van der Waals surface area (Å²) in [6, 6.07) is 24.6. The second-order valence-corrected chi connectivity index (χ2v) is 11.4. The van der Waals surface area contributed by atoms with Crippen molar-refractivity contribution in [3.8, 4) is 5.75 Å². The number of rotatable bonds is 5. The number of ether oxygens (including phenoxy) is 1. The zero-order chi connectivity index (χ0) is 27.6. The number of carbonyl (C=O) groups excluding carboxylic acids is 3. The number of allylic oxidation sites excluding steroid dienone is 1. The molecular formula is C33H26N2O4S. The van der Waals surface area contributed by atoms with E-state index in [0.29, 0.717) is 21.9 Å². The van der Waals surface area contributed by atoms with E-state index in [1.54, 1.807) is 37.4 Å². The number of fused-ring (bicyclic) bond motifs is 6. The average Bonchev–Trinajstić information content (AvgIpc) is 3.70. The number of hydrogen-bond acceptors (Lipinski definition) is 6. The van der Waals surface area contributed by atoms with Crippen molar-refractivity contribution in [2.24, 2.45) is 5.92 Å². The van der Waals surface area contributed by atoms with Gasteiger partial charge in [0.15, 0.2) is 11.6 Å². The van der Waals surface area contributed by atoms with E-state index in [-0.39, 0.29) is 17.5 Å². The molecule has 1 aromatic heterocycles. The van der Waals surface area contributed by atoms with Gasteiger partial charge in [0.05, 0.1) is 23.9 Å². The first-order chi connectivity index (χ1) is 19.5. The van der Waals surface area contributed by atoms with Gasteiger partial charge in [0.25, 0.3) is 0 Å². The van der Waals surface area contributed by atoms with Crippen molar-refractivity contribution in [3.63, 3.8) is 0 Å². The number of Topliss-reactive ketones (excluding diaryl/α,β-unsaturated/α-hetero) is 2. The smallest absolute Gasteiger partial charge is 0.238 e. The Balaban J connectivity index is 1.55. The molecule has 0 saturated carbocycles. The van der Waals surface area contributed by atoms with E-state index < -0.39 is 23.4 Å². The van der Waals surface area contributed by atoms with Crippen LogP contribution < -0.4 is 15.0 Å². The minimum Gasteiger partial charge on any atom is -0.497 e. The number of nitrogens with one attached hydrogen (secondary N) is 1. The highest BCUT2D eigenvalue weighted by atomic mass is 32.1. The molecule has 40 heavy (non-hydrogen) atoms. The van der Waals surface area contributed by atoms with E-state index >= 15 is 0 Å². The van der Waals surface area contributed by atoms with Gasteiger partial charge in [0.1, 0.15) is 17.2 Å². The molecule has 4 heterocycles. The normalized spacial score (nSPS) is 24.1. The largest absolute Gasteiger partial charge is 0.497 e. The van der Waals surface area contributed by atoms with Gasteiger partial charge in [-0.15, -0.1) is 11.3 Å². The van der Waals surface area contributed by atoms with E-state index in [4.69, 9.17) is 4.74 Å². The third-order valence-corrected chi connectivity index (χ3v) is 9.44. The molecule has 1 amide bonds. The summed E-state index contributed by atoms with van der Waals surface area (Å²) in [5, 5.41) is 4.92. The number of carbonyl (C=O) groups is 3. The maximum absolute atomic E-state index is 14.7. The fraction of sp³-hybridized carbons (Fsp3) is 0.182. The summed E-state index contributed by atoms with van der Waals surface area (Å²) >= 11 is 1.33. The van der Waals surface area contributed by atoms with Crippen LogP contribution in [-0.2, 0) is 10.2 Å². The Morgan fingerprint density at radius 1 is 0.950 bits per heavy atom. The van der Waals surface area contributed by atoms with Crippen LogP contribution in [0.2, 0.25) is 0 Å². The van der Waals surface area contributed by atoms with Gasteiger partial charge < -0.3 is 15.0 Å². The monoisotopic (exact) mass is 546 g/mol. The van der Waals surface area contributed by atoms with Gasteiger partial charge in [-0.3, -0.25) is 14.4 Å². The number of methoxy groups -OCH3 is 1. The minimum absolute atomic E-state index is 0.207. The van der Waals surface area contributed by atoms with Crippen molar-refractivity contribution in [2.45, 2.75) is 24.4 Å². The van der Waals surface area contributed by atoms with Gasteiger partial charge >= 0.3 is 0 Å². The van der Waals surface area contributed by atoms with E-state index in [2.05, 4.69) is 11.4 Å². The Kier molecular flexibility index (Phi) is 5.54. The zero-order valence-electron chi connectivity index (χ0n) is 22.0. The Labute approximate surface area is 235 Å². The highest BCUT2D eigenvalue weighted by Gasteiger charge is 2.70. The molecule has 1 spiro atoms. The lowest BCUT2D eigenvalue weighted by Gasteiger charge is -2.39. The van der Waals surface area contributed by atoms with Crippen LogP contribution in [0.5, 0.6) is 5.75 Å². The standard InChI is InChI=1S/C33H26N2O4S/c1-19-17-27-33(23-12-4-5-13-24(23)34-32(33)38)28(31(37)26-15-8-16-40-26)29(35(27)25-14-6-3-11-22(19)25)30(36)20-9-7-10-21(18-20)39-2/h3-18,27-29H,1-2H3,(H,34,38)/t27-,28-,29+,33-/m1/s1. The summed E-state index contributed by atoms with van der Waals surface area (Å²) in [6.07, 6.45) is 2.07. The van der Waals surface area contributed by atoms with Gasteiger partial charge in [0.2, 0.25) is 5.91 Å². The lowest BCUT2D eigenvalue weighted by molar-refractivity contribution is -0.121. The number of para-hydroxylation sites is 2. The average molecular weight is 547 g/mol. The second kappa shape index (κ2) is 9.03. The summed E-state index contributed by atoms with van der Waals surface area (Å²) < 4.78 is 5.43. The SMILES string of the molecule is COc1cccc(C(=O)[C@@H]2[C@H](C(=O)c3cccs3)[C@]3(C(=O)Nc4ccccc43)[C@H]3C=C(C)c4ccccc4N23)c1. The number of benzene rings is 3. The molecule has 0 aliphatic carbocycles. The van der Waals surface area contributed by atoms with E-state index in [9.17, 15) is 14.4 Å². The van der Waals surface area contributed by atoms with Crippen LogP contribution in [0, 0.1) is 5.92 Å². The molecule has 1 fully saturated rings. The van der Waals surface area contributed by atoms with Gasteiger partial charge in [-0.05, 0) is 53.8 Å². The minimum atomic E-state index is -1.31. The van der Waals surface area contributed by atoms with Crippen LogP contribution in [0.4, 0.5) is 11.4 Å². The van der Waals surface area contributed by atoms with E-state index in [0.717, 1.165) is 22.4 Å². The van der Waals surface area contributed by atoms with Gasteiger partial charge in [-0.2, -0.15) is 0 Å². The molecule has 0 radical (unpaired) electrons. The molecule has 3 aliphatic rings. The number of ketones is 2. The Morgan fingerprint density at radius 2 is 1.75 bits per heavy atom. The summed E-state index contributed by atoms with van der Waals surface area (Å²) in [5.41, 5.74) is 3.36. The van der Waals surface area contributed by atoms with Crippen LogP contribution in [0.3, 0.4) is 0 Å². The molecular weight excluding hydrogens is 520 g/mol. The molecule has 3 aliphatic heterocycles. The first-order valence-corrected chi connectivity index (χ1v) is 14.1. The second-order valence-electron chi connectivity index (χ2n) is 10.4. The molecule has 6 nitrogen and oxygen atoms in total. The van der Waals surface area contributed by atoms with Crippen LogP contribution in [0.25, 0.3) is 5.57 Å². The van der Waals surface area contributed by atoms with Crippen LogP contribution in [-0.4, -0.2) is 36.7 Å². The van der Waals surface area contributed by atoms with Crippen molar-refractivity contribution < 1.29 is 19.1 Å². The van der Waals surface area contributed by atoms with Crippen LogP contribution in [0.1, 0.15) is 38.1 Å². The lowest BCUT2D eigenvalue weighted by Crippen LogP contribution is -2.51. The van der Waals surface area contributed by atoms with Crippen molar-refractivity contribution in [2.75, 3.05) is 17.3 Å². The molecule has 1 N–H and O–H groups in total. The molecule has 198 valence electrons. The maximum Gasteiger partial charge on any atom is 0.238 e. The third-order valence-electron chi connectivity index (χ3n) is 8.55. The fourth-order valence-corrected chi connectivity index (χ4v) is 7.61. The first-order valence-electron chi connectivity index (χ1n) is 13.2. The summed E-state index contributed by atoms with van der Waals surface area (Å²) in [7, 11) is 1.56. The van der Waals surface area contributed by atoms with E-state index in [1.807, 2.05) is 71.8 Å². The van der Waals surface area contributed by atoms with E-state index in [1.165, 1.54) is 11.3 Å². The van der Waals surface area contributed by atoms with Crippen LogP contribution in [0.15, 0.2) is 96.4 Å². The van der Waals surface area contributed by atoms with Crippen molar-refractivity contribution in [3.05, 3.63) is 118 Å². The van der Waals surface area contributed by atoms with Crippen LogP contribution >= 0.6 is 11.3 Å². The molecule has 0 unspecified atom stereocenters. The first kappa shape index (κ1) is 24.5.